The van der Waals surface area contributed by atoms with Crippen molar-refractivity contribution in [1.82, 2.24) is 4.57 Å². The molecule has 0 bridgehead atoms. The lowest BCUT2D eigenvalue weighted by Crippen LogP contribution is -2.03. The van der Waals surface area contributed by atoms with Crippen LogP contribution < -0.4 is 10.5 Å². The summed E-state index contributed by atoms with van der Waals surface area (Å²) in [6, 6.07) is 18.1. The van der Waals surface area contributed by atoms with Gasteiger partial charge in [0.25, 0.3) is 0 Å². The predicted octanol–water partition coefficient (Wildman–Crippen LogP) is 3.69. The molecule has 2 aromatic carbocycles. The minimum absolute atomic E-state index is 0.690. The number of ether oxygens (including phenoxy) is 1. The minimum atomic E-state index is 0.690. The molecule has 102 valence electrons. The van der Waals surface area contributed by atoms with Crippen molar-refractivity contribution in [3.63, 3.8) is 0 Å². The first-order valence-corrected chi connectivity index (χ1v) is 6.85. The summed E-state index contributed by atoms with van der Waals surface area (Å²) in [7, 11) is 0. The van der Waals surface area contributed by atoms with Crippen LogP contribution in [0.2, 0.25) is 0 Å². The number of aryl methyl sites for hydroxylation is 1. The molecule has 0 radical (unpaired) electrons. The third-order valence-electron chi connectivity index (χ3n) is 3.35. The second kappa shape index (κ2) is 5.70. The molecule has 0 aliphatic rings. The van der Waals surface area contributed by atoms with Crippen molar-refractivity contribution >= 4 is 16.6 Å². The van der Waals surface area contributed by atoms with Gasteiger partial charge in [0.1, 0.15) is 5.75 Å². The molecule has 0 fully saturated rings. The highest BCUT2D eigenvalue weighted by Crippen LogP contribution is 2.17. The summed E-state index contributed by atoms with van der Waals surface area (Å²) in [6.45, 7) is 1.64. The van der Waals surface area contributed by atoms with E-state index in [0.29, 0.717) is 6.61 Å². The Labute approximate surface area is 118 Å². The third kappa shape index (κ3) is 2.77. The fourth-order valence-electron chi connectivity index (χ4n) is 2.36. The molecule has 0 saturated carbocycles. The first-order chi connectivity index (χ1) is 9.83. The molecule has 3 aromatic rings. The Kier molecular flexibility index (Phi) is 3.59. The monoisotopic (exact) mass is 266 g/mol. The van der Waals surface area contributed by atoms with Crippen LogP contribution in [0.4, 0.5) is 5.69 Å². The topological polar surface area (TPSA) is 40.2 Å². The van der Waals surface area contributed by atoms with E-state index in [0.717, 1.165) is 24.4 Å². The van der Waals surface area contributed by atoms with Gasteiger partial charge in [-0.1, -0.05) is 24.3 Å². The standard InChI is InChI=1S/C17H18N2O/c18-15-6-3-7-16(13-15)20-12-4-10-19-11-9-14-5-1-2-8-17(14)19/h1-3,5-9,11,13H,4,10,12,18H2. The zero-order chi connectivity index (χ0) is 13.8. The van der Waals surface area contributed by atoms with Crippen molar-refractivity contribution in [2.45, 2.75) is 13.0 Å². The predicted molar refractivity (Wildman–Crippen MR) is 82.9 cm³/mol. The van der Waals surface area contributed by atoms with Crippen molar-refractivity contribution < 1.29 is 4.74 Å². The number of anilines is 1. The maximum atomic E-state index is 5.72. The van der Waals surface area contributed by atoms with Gasteiger partial charge < -0.3 is 15.0 Å². The van der Waals surface area contributed by atoms with Gasteiger partial charge in [0.15, 0.2) is 0 Å². The van der Waals surface area contributed by atoms with Gasteiger partial charge in [0.2, 0.25) is 0 Å². The van der Waals surface area contributed by atoms with E-state index in [1.54, 1.807) is 0 Å². The van der Waals surface area contributed by atoms with E-state index in [4.69, 9.17) is 10.5 Å². The molecule has 0 spiro atoms. The normalized spacial score (nSPS) is 10.8. The SMILES string of the molecule is Nc1cccc(OCCCn2ccc3ccccc32)c1. The molecule has 1 aromatic heterocycles. The number of rotatable bonds is 5. The first kappa shape index (κ1) is 12.6. The minimum Gasteiger partial charge on any atom is -0.493 e. The molecule has 0 saturated heterocycles. The van der Waals surface area contributed by atoms with Crippen molar-refractivity contribution in [2.75, 3.05) is 12.3 Å². The second-order valence-corrected chi connectivity index (χ2v) is 4.84. The van der Waals surface area contributed by atoms with Crippen molar-refractivity contribution in [2.24, 2.45) is 0 Å². The number of fused-ring (bicyclic) bond motifs is 1. The zero-order valence-corrected chi connectivity index (χ0v) is 11.3. The van der Waals surface area contributed by atoms with E-state index >= 15 is 0 Å². The van der Waals surface area contributed by atoms with Crippen LogP contribution in [0.5, 0.6) is 5.75 Å². The van der Waals surface area contributed by atoms with Gasteiger partial charge in [-0.05, 0) is 36.1 Å². The fourth-order valence-corrected chi connectivity index (χ4v) is 2.36. The number of para-hydroxylation sites is 1. The third-order valence-corrected chi connectivity index (χ3v) is 3.35. The molecule has 0 atom stereocenters. The highest BCUT2D eigenvalue weighted by Gasteiger charge is 2.00. The van der Waals surface area contributed by atoms with Crippen LogP contribution >= 0.6 is 0 Å². The molecule has 0 aliphatic heterocycles. The number of hydrogen-bond donors (Lipinski definition) is 1. The summed E-state index contributed by atoms with van der Waals surface area (Å²) in [5.41, 5.74) is 7.73. The Bertz CT molecular complexity index is 703. The lowest BCUT2D eigenvalue weighted by Gasteiger charge is -2.08. The Hall–Kier alpha value is -2.42. The molecule has 20 heavy (non-hydrogen) atoms. The van der Waals surface area contributed by atoms with Gasteiger partial charge in [-0.15, -0.1) is 0 Å². The zero-order valence-electron chi connectivity index (χ0n) is 11.3. The van der Waals surface area contributed by atoms with E-state index in [1.807, 2.05) is 24.3 Å². The number of benzene rings is 2. The summed E-state index contributed by atoms with van der Waals surface area (Å²) in [5.74, 6) is 0.836. The van der Waals surface area contributed by atoms with Gasteiger partial charge in [-0.25, -0.2) is 0 Å². The lowest BCUT2D eigenvalue weighted by atomic mass is 10.2. The molecule has 0 amide bonds. The molecule has 3 rings (SSSR count). The Balaban J connectivity index is 1.55. The van der Waals surface area contributed by atoms with Crippen molar-refractivity contribution in [3.05, 3.63) is 60.8 Å². The Morgan fingerprint density at radius 3 is 2.80 bits per heavy atom. The summed E-state index contributed by atoms with van der Waals surface area (Å²) in [5, 5.41) is 1.28. The fraction of sp³-hybridized carbons (Fsp3) is 0.176. The van der Waals surface area contributed by atoms with E-state index in [2.05, 4.69) is 41.1 Å². The average Bonchev–Trinajstić information content (AvgIpc) is 2.87. The quantitative estimate of drug-likeness (QED) is 0.565. The number of nitrogen functional groups attached to an aromatic ring is 1. The van der Waals surface area contributed by atoms with Crippen molar-refractivity contribution in [1.29, 1.82) is 0 Å². The van der Waals surface area contributed by atoms with Crippen LogP contribution in [0.1, 0.15) is 6.42 Å². The molecule has 1 heterocycles. The van der Waals surface area contributed by atoms with Gasteiger partial charge in [-0.2, -0.15) is 0 Å². The van der Waals surface area contributed by atoms with Gasteiger partial charge in [-0.3, -0.25) is 0 Å². The van der Waals surface area contributed by atoms with Crippen LogP contribution in [-0.4, -0.2) is 11.2 Å². The largest absolute Gasteiger partial charge is 0.493 e. The number of hydrogen-bond acceptors (Lipinski definition) is 2. The maximum Gasteiger partial charge on any atom is 0.121 e. The van der Waals surface area contributed by atoms with E-state index in [-0.39, 0.29) is 0 Å². The summed E-state index contributed by atoms with van der Waals surface area (Å²) in [4.78, 5) is 0. The molecule has 2 N–H and O–H groups in total. The van der Waals surface area contributed by atoms with Gasteiger partial charge >= 0.3 is 0 Å². The van der Waals surface area contributed by atoms with Crippen molar-refractivity contribution in [3.8, 4) is 5.75 Å². The molecule has 3 heteroatoms. The van der Waals surface area contributed by atoms with Gasteiger partial charge in [0, 0.05) is 30.0 Å². The Morgan fingerprint density at radius 2 is 1.90 bits per heavy atom. The van der Waals surface area contributed by atoms with E-state index < -0.39 is 0 Å². The summed E-state index contributed by atoms with van der Waals surface area (Å²) in [6.07, 6.45) is 3.10. The molecule has 3 nitrogen and oxygen atoms in total. The van der Waals surface area contributed by atoms with Crippen LogP contribution in [0.25, 0.3) is 10.9 Å². The molecular formula is C17H18N2O. The summed E-state index contributed by atoms with van der Waals surface area (Å²) < 4.78 is 7.97. The lowest BCUT2D eigenvalue weighted by molar-refractivity contribution is 0.303. The molecule has 0 aliphatic carbocycles. The number of nitrogens with two attached hydrogens (primary N) is 1. The van der Waals surface area contributed by atoms with E-state index in [9.17, 15) is 0 Å². The Morgan fingerprint density at radius 1 is 1.00 bits per heavy atom. The number of aromatic nitrogens is 1. The summed E-state index contributed by atoms with van der Waals surface area (Å²) >= 11 is 0. The average molecular weight is 266 g/mol. The first-order valence-electron chi connectivity index (χ1n) is 6.85. The molecule has 0 unspecified atom stereocenters. The van der Waals surface area contributed by atoms with E-state index in [1.165, 1.54) is 10.9 Å². The van der Waals surface area contributed by atoms with Gasteiger partial charge in [0.05, 0.1) is 6.61 Å². The highest BCUT2D eigenvalue weighted by molar-refractivity contribution is 5.79. The van der Waals surface area contributed by atoms with Crippen LogP contribution in [0.15, 0.2) is 60.8 Å². The highest BCUT2D eigenvalue weighted by atomic mass is 16.5. The van der Waals surface area contributed by atoms with Crippen LogP contribution in [0, 0.1) is 0 Å². The van der Waals surface area contributed by atoms with Crippen LogP contribution in [-0.2, 0) is 6.54 Å². The molecular weight excluding hydrogens is 248 g/mol. The second-order valence-electron chi connectivity index (χ2n) is 4.84. The van der Waals surface area contributed by atoms with Crippen LogP contribution in [0.3, 0.4) is 0 Å². The number of nitrogens with zero attached hydrogens (tertiary/aromatic N) is 1. The maximum absolute atomic E-state index is 5.72. The smallest absolute Gasteiger partial charge is 0.121 e.